The van der Waals surface area contributed by atoms with Gasteiger partial charge in [0.2, 0.25) is 0 Å². The highest BCUT2D eigenvalue weighted by Gasteiger charge is 2.19. The monoisotopic (exact) mass is 361 g/mol. The van der Waals surface area contributed by atoms with E-state index in [0.717, 1.165) is 24.0 Å². The molecule has 0 atom stereocenters. The summed E-state index contributed by atoms with van der Waals surface area (Å²) in [7, 11) is 1.77. The summed E-state index contributed by atoms with van der Waals surface area (Å²) in [6.45, 7) is 2.62. The Morgan fingerprint density at radius 1 is 1.07 bits per heavy atom. The van der Waals surface area contributed by atoms with Crippen LogP contribution in [0.3, 0.4) is 0 Å². The molecular weight excluding hydrogens is 338 g/mol. The van der Waals surface area contributed by atoms with Gasteiger partial charge in [-0.05, 0) is 42.0 Å². The minimum Gasteiger partial charge on any atom is -0.371 e. The van der Waals surface area contributed by atoms with Gasteiger partial charge in [-0.3, -0.25) is 9.59 Å². The number of anilines is 1. The van der Waals surface area contributed by atoms with E-state index in [4.69, 9.17) is 0 Å². The molecule has 4 rings (SSSR count). The molecule has 5 nitrogen and oxygen atoms in total. The summed E-state index contributed by atoms with van der Waals surface area (Å²) in [5, 5.41) is 1.37. The second-order valence-corrected chi connectivity index (χ2v) is 7.08. The largest absolute Gasteiger partial charge is 0.371 e. The van der Waals surface area contributed by atoms with Gasteiger partial charge in [-0.25, -0.2) is 0 Å². The molecule has 1 aliphatic rings. The van der Waals surface area contributed by atoms with Crippen molar-refractivity contribution in [3.8, 4) is 0 Å². The molecule has 0 unspecified atom stereocenters. The zero-order chi connectivity index (χ0) is 18.8. The average molecular weight is 361 g/mol. The second-order valence-electron chi connectivity index (χ2n) is 7.08. The Balaban J connectivity index is 1.60. The van der Waals surface area contributed by atoms with Crippen LogP contribution in [-0.4, -0.2) is 35.9 Å². The SMILES string of the molecule is CN(Cc1ccccc1N1CCCC1)C(=O)c1cc2ccccc2c(=O)[nH]1. The second kappa shape index (κ2) is 7.27. The fourth-order valence-electron chi connectivity index (χ4n) is 3.77. The van der Waals surface area contributed by atoms with Crippen LogP contribution in [0.1, 0.15) is 28.9 Å². The Morgan fingerprint density at radius 3 is 2.59 bits per heavy atom. The lowest BCUT2D eigenvalue weighted by molar-refractivity contribution is 0.0779. The zero-order valence-corrected chi connectivity index (χ0v) is 15.4. The number of aromatic nitrogens is 1. The maximum absolute atomic E-state index is 12.9. The molecule has 2 aromatic carbocycles. The van der Waals surface area contributed by atoms with Gasteiger partial charge in [-0.1, -0.05) is 36.4 Å². The van der Waals surface area contributed by atoms with Crippen molar-refractivity contribution in [2.24, 2.45) is 0 Å². The van der Waals surface area contributed by atoms with Crippen LogP contribution in [0, 0.1) is 0 Å². The number of carbonyl (C=O) groups excluding carboxylic acids is 1. The van der Waals surface area contributed by atoms with Crippen LogP contribution < -0.4 is 10.5 Å². The van der Waals surface area contributed by atoms with E-state index in [1.807, 2.05) is 30.3 Å². The van der Waals surface area contributed by atoms with Crippen LogP contribution in [-0.2, 0) is 6.54 Å². The van der Waals surface area contributed by atoms with Crippen molar-refractivity contribution in [1.29, 1.82) is 0 Å². The molecule has 0 bridgehead atoms. The summed E-state index contributed by atoms with van der Waals surface area (Å²) < 4.78 is 0. The van der Waals surface area contributed by atoms with Gasteiger partial charge in [0.15, 0.2) is 0 Å². The van der Waals surface area contributed by atoms with Crippen molar-refractivity contribution >= 4 is 22.4 Å². The highest BCUT2D eigenvalue weighted by atomic mass is 16.2. The number of H-pyrrole nitrogens is 1. The van der Waals surface area contributed by atoms with E-state index in [0.29, 0.717) is 17.6 Å². The van der Waals surface area contributed by atoms with Crippen LogP contribution in [0.15, 0.2) is 59.4 Å². The first-order valence-electron chi connectivity index (χ1n) is 9.34. The Hall–Kier alpha value is -3.08. The molecule has 0 spiro atoms. The van der Waals surface area contributed by atoms with Crippen LogP contribution in [0.2, 0.25) is 0 Å². The first-order valence-corrected chi connectivity index (χ1v) is 9.34. The summed E-state index contributed by atoms with van der Waals surface area (Å²) in [4.78, 5) is 32.0. The Morgan fingerprint density at radius 2 is 1.78 bits per heavy atom. The molecular formula is C22H23N3O2. The van der Waals surface area contributed by atoms with Crippen molar-refractivity contribution in [3.63, 3.8) is 0 Å². The van der Waals surface area contributed by atoms with Crippen LogP contribution in [0.5, 0.6) is 0 Å². The molecule has 1 N–H and O–H groups in total. The molecule has 0 saturated carbocycles. The number of nitrogens with one attached hydrogen (secondary N) is 1. The number of para-hydroxylation sites is 1. The first-order chi connectivity index (χ1) is 13.1. The smallest absolute Gasteiger partial charge is 0.270 e. The highest BCUT2D eigenvalue weighted by Crippen LogP contribution is 2.25. The molecule has 0 aliphatic carbocycles. The van der Waals surface area contributed by atoms with Gasteiger partial charge >= 0.3 is 0 Å². The van der Waals surface area contributed by atoms with Gasteiger partial charge in [0.1, 0.15) is 5.69 Å². The summed E-state index contributed by atoms with van der Waals surface area (Å²) in [5.41, 5.74) is 2.40. The quantitative estimate of drug-likeness (QED) is 0.775. The first kappa shape index (κ1) is 17.3. The van der Waals surface area contributed by atoms with Crippen molar-refractivity contribution in [1.82, 2.24) is 9.88 Å². The van der Waals surface area contributed by atoms with Crippen molar-refractivity contribution in [2.75, 3.05) is 25.0 Å². The van der Waals surface area contributed by atoms with Crippen molar-refractivity contribution < 1.29 is 4.79 Å². The number of amides is 1. The van der Waals surface area contributed by atoms with Gasteiger partial charge in [0.25, 0.3) is 11.5 Å². The van der Waals surface area contributed by atoms with E-state index < -0.39 is 0 Å². The number of hydrogen-bond acceptors (Lipinski definition) is 3. The number of hydrogen-bond donors (Lipinski definition) is 1. The Labute approximate surface area is 158 Å². The number of fused-ring (bicyclic) bond motifs is 1. The summed E-state index contributed by atoms with van der Waals surface area (Å²) in [5.74, 6) is -0.186. The maximum Gasteiger partial charge on any atom is 0.270 e. The normalized spacial score (nSPS) is 13.9. The van der Waals surface area contributed by atoms with E-state index in [9.17, 15) is 9.59 Å². The van der Waals surface area contributed by atoms with Crippen LogP contribution in [0.25, 0.3) is 10.8 Å². The lowest BCUT2D eigenvalue weighted by Crippen LogP contribution is -2.30. The molecule has 3 aromatic rings. The molecule has 5 heteroatoms. The summed E-state index contributed by atoms with van der Waals surface area (Å²) in [6, 6.07) is 17.3. The van der Waals surface area contributed by atoms with Crippen LogP contribution in [0.4, 0.5) is 5.69 Å². The van der Waals surface area contributed by atoms with Gasteiger partial charge in [0, 0.05) is 37.8 Å². The number of carbonyl (C=O) groups is 1. The summed E-state index contributed by atoms with van der Waals surface area (Å²) in [6.07, 6.45) is 2.42. The third-order valence-electron chi connectivity index (χ3n) is 5.18. The minimum atomic E-state index is -0.234. The summed E-state index contributed by atoms with van der Waals surface area (Å²) >= 11 is 0. The standard InChI is InChI=1S/C22H23N3O2/c1-24(15-17-9-3-5-11-20(17)25-12-6-7-13-25)22(27)19-14-16-8-2-4-10-18(16)21(26)23-19/h2-5,8-11,14H,6-7,12-13,15H2,1H3,(H,23,26). The highest BCUT2D eigenvalue weighted by molar-refractivity contribution is 5.96. The van der Waals surface area contributed by atoms with Gasteiger partial charge in [0.05, 0.1) is 0 Å². The Bertz CT molecular complexity index is 1030. The molecule has 1 amide bonds. The van der Waals surface area contributed by atoms with E-state index in [2.05, 4.69) is 22.0 Å². The third-order valence-corrected chi connectivity index (χ3v) is 5.18. The molecule has 0 radical (unpaired) electrons. The van der Waals surface area contributed by atoms with Crippen molar-refractivity contribution in [3.05, 3.63) is 76.2 Å². The minimum absolute atomic E-state index is 0.186. The van der Waals surface area contributed by atoms with Crippen molar-refractivity contribution in [2.45, 2.75) is 19.4 Å². The molecule has 1 saturated heterocycles. The fourth-order valence-corrected chi connectivity index (χ4v) is 3.77. The number of aromatic amines is 1. The molecule has 1 aromatic heterocycles. The maximum atomic E-state index is 12.9. The lowest BCUT2D eigenvalue weighted by atomic mass is 10.1. The van der Waals surface area contributed by atoms with Crippen LogP contribution >= 0.6 is 0 Å². The Kier molecular flexibility index (Phi) is 4.67. The molecule has 138 valence electrons. The lowest BCUT2D eigenvalue weighted by Gasteiger charge is -2.24. The average Bonchev–Trinajstić information content (AvgIpc) is 3.22. The number of nitrogens with zero attached hydrogens (tertiary/aromatic N) is 2. The number of benzene rings is 2. The predicted molar refractivity (Wildman–Crippen MR) is 108 cm³/mol. The molecule has 1 fully saturated rings. The van der Waals surface area contributed by atoms with E-state index in [1.54, 1.807) is 24.1 Å². The predicted octanol–water partition coefficient (Wildman–Crippen LogP) is 3.40. The molecule has 2 heterocycles. The van der Waals surface area contributed by atoms with Gasteiger partial charge < -0.3 is 14.8 Å². The third kappa shape index (κ3) is 3.45. The van der Waals surface area contributed by atoms with Gasteiger partial charge in [-0.15, -0.1) is 0 Å². The molecule has 27 heavy (non-hydrogen) atoms. The van der Waals surface area contributed by atoms with E-state index in [-0.39, 0.29) is 11.5 Å². The topological polar surface area (TPSA) is 56.4 Å². The zero-order valence-electron chi connectivity index (χ0n) is 15.4. The van der Waals surface area contributed by atoms with Gasteiger partial charge in [-0.2, -0.15) is 0 Å². The van der Waals surface area contributed by atoms with E-state index >= 15 is 0 Å². The van der Waals surface area contributed by atoms with E-state index in [1.165, 1.54) is 18.5 Å². The molecule has 1 aliphatic heterocycles. The fraction of sp³-hybridized carbons (Fsp3) is 0.273. The number of rotatable bonds is 4. The number of pyridine rings is 1.